The molecule has 2 rings (SSSR count). The molecule has 0 bridgehead atoms. The molecule has 1 aromatic carbocycles. The highest BCUT2D eigenvalue weighted by Crippen LogP contribution is 2.23. The molecule has 1 heterocycles. The molecule has 0 saturated carbocycles. The smallest absolute Gasteiger partial charge is 0.234 e. The van der Waals surface area contributed by atoms with Crippen molar-refractivity contribution in [2.24, 2.45) is 7.05 Å². The lowest BCUT2D eigenvalue weighted by Gasteiger charge is -2.06. The number of thioether (sulfide) groups is 1. The van der Waals surface area contributed by atoms with Crippen LogP contribution in [-0.2, 0) is 11.8 Å². The summed E-state index contributed by atoms with van der Waals surface area (Å²) >= 11 is 1.38. The average Bonchev–Trinajstić information content (AvgIpc) is 2.63. The third-order valence-corrected chi connectivity index (χ3v) is 3.95. The maximum atomic E-state index is 12.0. The van der Waals surface area contributed by atoms with E-state index in [0.29, 0.717) is 0 Å². The largest absolute Gasteiger partial charge is 0.508 e. The second kappa shape index (κ2) is 6.00. The van der Waals surface area contributed by atoms with Crippen LogP contribution < -0.4 is 5.32 Å². The molecule has 0 radical (unpaired) electrons. The fraction of sp³-hybridized carbons (Fsp3) is 0.286. The van der Waals surface area contributed by atoms with Gasteiger partial charge in [-0.05, 0) is 32.0 Å². The monoisotopic (exact) mass is 291 g/mol. The number of carbonyl (C=O) groups excluding carboxylic acids is 1. The average molecular weight is 291 g/mol. The summed E-state index contributed by atoms with van der Waals surface area (Å²) in [7, 11) is 1.85. The first-order valence-electron chi connectivity index (χ1n) is 6.19. The van der Waals surface area contributed by atoms with E-state index in [1.165, 1.54) is 11.8 Å². The molecule has 1 amide bonds. The van der Waals surface area contributed by atoms with Gasteiger partial charge < -0.3 is 10.4 Å². The topological polar surface area (TPSA) is 67.2 Å². The Morgan fingerprint density at radius 3 is 2.80 bits per heavy atom. The van der Waals surface area contributed by atoms with E-state index < -0.39 is 0 Å². The van der Waals surface area contributed by atoms with Gasteiger partial charge in [0.1, 0.15) is 5.75 Å². The van der Waals surface area contributed by atoms with Gasteiger partial charge >= 0.3 is 0 Å². The van der Waals surface area contributed by atoms with E-state index in [0.717, 1.165) is 22.0 Å². The van der Waals surface area contributed by atoms with E-state index >= 15 is 0 Å². The van der Waals surface area contributed by atoms with Crippen molar-refractivity contribution in [3.05, 3.63) is 35.7 Å². The Balaban J connectivity index is 1.96. The van der Waals surface area contributed by atoms with Crippen molar-refractivity contribution < 1.29 is 9.90 Å². The lowest BCUT2D eigenvalue weighted by molar-refractivity contribution is -0.113. The molecule has 5 nitrogen and oxygen atoms in total. The number of nitrogens with one attached hydrogen (secondary N) is 1. The highest BCUT2D eigenvalue weighted by Gasteiger charge is 2.12. The molecule has 106 valence electrons. The Bertz CT molecular complexity index is 637. The number of aromatic hydroxyl groups is 1. The van der Waals surface area contributed by atoms with Gasteiger partial charge in [0.25, 0.3) is 0 Å². The predicted octanol–water partition coefficient (Wildman–Crippen LogP) is 2.47. The van der Waals surface area contributed by atoms with Crippen LogP contribution in [0.2, 0.25) is 0 Å². The number of phenols is 1. The molecule has 0 aliphatic heterocycles. The fourth-order valence-electron chi connectivity index (χ4n) is 1.85. The number of anilines is 1. The summed E-state index contributed by atoms with van der Waals surface area (Å²) in [5.74, 6) is 0.406. The van der Waals surface area contributed by atoms with E-state index in [1.807, 2.05) is 27.0 Å². The Hall–Kier alpha value is -1.95. The number of hydrogen-bond acceptors (Lipinski definition) is 4. The van der Waals surface area contributed by atoms with Crippen LogP contribution in [0.15, 0.2) is 29.2 Å². The van der Waals surface area contributed by atoms with E-state index in [2.05, 4.69) is 10.4 Å². The lowest BCUT2D eigenvalue weighted by atomic mass is 10.3. The Morgan fingerprint density at radius 1 is 1.45 bits per heavy atom. The number of rotatable bonds is 4. The number of phenolic OH excluding ortho intramolecular Hbond substituents is 1. The van der Waals surface area contributed by atoms with Crippen LogP contribution in [0.1, 0.15) is 11.4 Å². The number of nitrogens with zero attached hydrogens (tertiary/aromatic N) is 2. The number of carbonyl (C=O) groups is 1. The van der Waals surface area contributed by atoms with Crippen LogP contribution in [0.5, 0.6) is 5.75 Å². The van der Waals surface area contributed by atoms with E-state index in [-0.39, 0.29) is 17.4 Å². The zero-order valence-electron chi connectivity index (χ0n) is 11.7. The van der Waals surface area contributed by atoms with Crippen LogP contribution in [0, 0.1) is 13.8 Å². The van der Waals surface area contributed by atoms with Gasteiger partial charge in [0.15, 0.2) is 0 Å². The molecule has 2 N–H and O–H groups in total. The van der Waals surface area contributed by atoms with Crippen molar-refractivity contribution in [1.82, 2.24) is 9.78 Å². The minimum absolute atomic E-state index is 0.0856. The molecule has 0 fully saturated rings. The summed E-state index contributed by atoms with van der Waals surface area (Å²) in [4.78, 5) is 12.8. The Morgan fingerprint density at radius 2 is 2.20 bits per heavy atom. The van der Waals surface area contributed by atoms with Crippen LogP contribution in [-0.4, -0.2) is 26.5 Å². The summed E-state index contributed by atoms with van der Waals surface area (Å²) in [6.45, 7) is 3.78. The molecule has 0 spiro atoms. The third kappa shape index (κ3) is 3.33. The van der Waals surface area contributed by atoms with Crippen molar-refractivity contribution >= 4 is 23.4 Å². The zero-order valence-corrected chi connectivity index (χ0v) is 12.5. The Labute approximate surface area is 122 Å². The van der Waals surface area contributed by atoms with Crippen molar-refractivity contribution in [2.75, 3.05) is 11.1 Å². The highest BCUT2D eigenvalue weighted by atomic mass is 32.2. The van der Waals surface area contributed by atoms with Gasteiger partial charge in [-0.2, -0.15) is 5.10 Å². The number of hydrogen-bond donors (Lipinski definition) is 2. The van der Waals surface area contributed by atoms with E-state index in [1.54, 1.807) is 22.9 Å². The second-order valence-corrected chi connectivity index (χ2v) is 5.55. The number of aryl methyl sites for hydroxylation is 2. The van der Waals surface area contributed by atoms with Crippen LogP contribution in [0.25, 0.3) is 0 Å². The van der Waals surface area contributed by atoms with Gasteiger partial charge in [0.2, 0.25) is 5.91 Å². The SMILES string of the molecule is Cc1nn(C)c(C)c1NC(=O)CSc1cccc(O)c1. The summed E-state index contributed by atoms with van der Waals surface area (Å²) in [5, 5.41) is 16.5. The molecule has 0 unspecified atom stereocenters. The molecule has 0 atom stereocenters. The number of benzene rings is 1. The first-order chi connectivity index (χ1) is 9.47. The van der Waals surface area contributed by atoms with Gasteiger partial charge in [-0.3, -0.25) is 9.48 Å². The third-order valence-electron chi connectivity index (χ3n) is 2.96. The Kier molecular flexibility index (Phi) is 4.34. The maximum Gasteiger partial charge on any atom is 0.234 e. The minimum Gasteiger partial charge on any atom is -0.508 e. The predicted molar refractivity (Wildman–Crippen MR) is 80.1 cm³/mol. The van der Waals surface area contributed by atoms with Crippen molar-refractivity contribution in [2.45, 2.75) is 18.7 Å². The summed E-state index contributed by atoms with van der Waals surface area (Å²) < 4.78 is 1.74. The molecule has 6 heteroatoms. The maximum absolute atomic E-state index is 12.0. The van der Waals surface area contributed by atoms with E-state index in [4.69, 9.17) is 0 Å². The summed E-state index contributed by atoms with van der Waals surface area (Å²) in [6.07, 6.45) is 0. The molecule has 0 aliphatic rings. The quantitative estimate of drug-likeness (QED) is 0.849. The number of amides is 1. The second-order valence-electron chi connectivity index (χ2n) is 4.50. The molecular weight excluding hydrogens is 274 g/mol. The molecule has 20 heavy (non-hydrogen) atoms. The summed E-state index contributed by atoms with van der Waals surface area (Å²) in [5.41, 5.74) is 2.51. The fourth-order valence-corrected chi connectivity index (χ4v) is 2.60. The first kappa shape index (κ1) is 14.5. The number of aromatic nitrogens is 2. The molecule has 0 aliphatic carbocycles. The first-order valence-corrected chi connectivity index (χ1v) is 7.18. The normalized spacial score (nSPS) is 10.6. The van der Waals surface area contributed by atoms with E-state index in [9.17, 15) is 9.90 Å². The van der Waals surface area contributed by atoms with Crippen LogP contribution >= 0.6 is 11.8 Å². The summed E-state index contributed by atoms with van der Waals surface area (Å²) in [6, 6.07) is 6.86. The molecule has 2 aromatic rings. The molecule has 0 saturated heterocycles. The van der Waals surface area contributed by atoms with Gasteiger partial charge in [-0.15, -0.1) is 11.8 Å². The molecular formula is C14H17N3O2S. The van der Waals surface area contributed by atoms with Crippen molar-refractivity contribution in [3.63, 3.8) is 0 Å². The van der Waals surface area contributed by atoms with Gasteiger partial charge in [0, 0.05) is 11.9 Å². The molecule has 1 aromatic heterocycles. The minimum atomic E-state index is -0.0856. The van der Waals surface area contributed by atoms with Gasteiger partial charge in [-0.25, -0.2) is 0 Å². The van der Waals surface area contributed by atoms with Crippen molar-refractivity contribution in [3.8, 4) is 5.75 Å². The standard InChI is InChI=1S/C14H17N3O2S/c1-9-14(10(2)17(3)16-9)15-13(19)8-20-12-6-4-5-11(18)7-12/h4-7,18H,8H2,1-3H3,(H,15,19). The zero-order chi connectivity index (χ0) is 14.7. The highest BCUT2D eigenvalue weighted by molar-refractivity contribution is 8.00. The van der Waals surface area contributed by atoms with Gasteiger partial charge in [0.05, 0.1) is 22.8 Å². The van der Waals surface area contributed by atoms with Crippen LogP contribution in [0.4, 0.5) is 5.69 Å². The van der Waals surface area contributed by atoms with Gasteiger partial charge in [-0.1, -0.05) is 6.07 Å². The lowest BCUT2D eigenvalue weighted by Crippen LogP contribution is -2.15. The van der Waals surface area contributed by atoms with Crippen LogP contribution in [0.3, 0.4) is 0 Å². The van der Waals surface area contributed by atoms with Crippen molar-refractivity contribution in [1.29, 1.82) is 0 Å².